The molecule has 0 amide bonds. The van der Waals surface area contributed by atoms with E-state index in [-0.39, 0.29) is 11.4 Å². The molecule has 1 heterocycles. The molecular formula is C16H17NO3S. The van der Waals surface area contributed by atoms with Crippen molar-refractivity contribution < 1.29 is 14.1 Å². The number of aromatic carboxylic acids is 1. The minimum atomic E-state index is -1.12. The molecule has 0 radical (unpaired) electrons. The van der Waals surface area contributed by atoms with Crippen molar-refractivity contribution in [2.75, 3.05) is 0 Å². The van der Waals surface area contributed by atoms with E-state index in [1.54, 1.807) is 12.1 Å². The second kappa shape index (κ2) is 6.63. The predicted octanol–water partition coefficient (Wildman–Crippen LogP) is 2.85. The topological polar surface area (TPSA) is 67.3 Å². The van der Waals surface area contributed by atoms with Crippen molar-refractivity contribution in [2.45, 2.75) is 25.4 Å². The number of carboxylic acids is 1. The second-order valence-corrected chi connectivity index (χ2v) is 6.50. The van der Waals surface area contributed by atoms with Crippen LogP contribution in [0.5, 0.6) is 0 Å². The van der Waals surface area contributed by atoms with Gasteiger partial charge in [0, 0.05) is 16.6 Å². The van der Waals surface area contributed by atoms with Crippen LogP contribution in [-0.2, 0) is 22.3 Å². The molecule has 0 aliphatic carbocycles. The van der Waals surface area contributed by atoms with Crippen molar-refractivity contribution in [3.8, 4) is 0 Å². The number of hydrogen-bond acceptors (Lipinski definition) is 3. The highest BCUT2D eigenvalue weighted by Gasteiger charge is 2.09. The van der Waals surface area contributed by atoms with Crippen LogP contribution in [0.4, 0.5) is 0 Å². The first kappa shape index (κ1) is 15.4. The summed E-state index contributed by atoms with van der Waals surface area (Å²) in [5, 5.41) is 8.90. The number of pyridine rings is 1. The van der Waals surface area contributed by atoms with Crippen LogP contribution in [0.2, 0.25) is 0 Å². The van der Waals surface area contributed by atoms with Gasteiger partial charge in [0.2, 0.25) is 0 Å². The van der Waals surface area contributed by atoms with E-state index in [9.17, 15) is 9.00 Å². The molecule has 0 saturated carbocycles. The lowest BCUT2D eigenvalue weighted by Gasteiger charge is -2.06. The molecule has 110 valence electrons. The van der Waals surface area contributed by atoms with E-state index >= 15 is 0 Å². The van der Waals surface area contributed by atoms with E-state index in [1.807, 2.05) is 26.0 Å². The van der Waals surface area contributed by atoms with Gasteiger partial charge in [0.25, 0.3) is 0 Å². The standard InChI is InChI=1S/C16H17NO3S/c1-11-6-12(2)8-13(7-11)9-21(20)10-14-4-3-5-15(17-14)16(18)19/h3-8H,9-10H2,1-2H3,(H,18,19). The van der Waals surface area contributed by atoms with Gasteiger partial charge < -0.3 is 5.11 Å². The van der Waals surface area contributed by atoms with Crippen LogP contribution in [0.1, 0.15) is 32.9 Å². The Kier molecular flexibility index (Phi) is 4.85. The maximum Gasteiger partial charge on any atom is 0.354 e. The average Bonchev–Trinajstić information content (AvgIpc) is 2.37. The number of hydrogen-bond donors (Lipinski definition) is 1. The van der Waals surface area contributed by atoms with E-state index in [0.29, 0.717) is 11.4 Å². The third-order valence-corrected chi connectivity index (χ3v) is 4.22. The minimum absolute atomic E-state index is 0.0177. The van der Waals surface area contributed by atoms with Crippen LogP contribution in [0.25, 0.3) is 0 Å². The molecule has 4 nitrogen and oxygen atoms in total. The lowest BCUT2D eigenvalue weighted by molar-refractivity contribution is 0.0690. The lowest BCUT2D eigenvalue weighted by Crippen LogP contribution is -2.06. The number of benzene rings is 1. The molecule has 2 rings (SSSR count). The van der Waals surface area contributed by atoms with Crippen molar-refractivity contribution >= 4 is 16.8 Å². The highest BCUT2D eigenvalue weighted by molar-refractivity contribution is 7.83. The predicted molar refractivity (Wildman–Crippen MR) is 82.7 cm³/mol. The highest BCUT2D eigenvalue weighted by Crippen LogP contribution is 2.13. The molecule has 1 aromatic heterocycles. The Morgan fingerprint density at radius 2 is 1.81 bits per heavy atom. The fourth-order valence-electron chi connectivity index (χ4n) is 2.23. The number of nitrogens with zero attached hydrogens (tertiary/aromatic N) is 1. The first-order valence-corrected chi connectivity index (χ1v) is 8.04. The summed E-state index contributed by atoms with van der Waals surface area (Å²) in [6, 6.07) is 10.9. The third-order valence-electron chi connectivity index (χ3n) is 2.94. The quantitative estimate of drug-likeness (QED) is 0.922. The number of aryl methyl sites for hydroxylation is 2. The molecule has 0 bridgehead atoms. The van der Waals surface area contributed by atoms with Crippen LogP contribution in [0, 0.1) is 13.8 Å². The van der Waals surface area contributed by atoms with Gasteiger partial charge >= 0.3 is 5.97 Å². The van der Waals surface area contributed by atoms with Crippen molar-refractivity contribution in [3.05, 3.63) is 64.5 Å². The SMILES string of the molecule is Cc1cc(C)cc(CS(=O)Cc2cccc(C(=O)O)n2)c1. The minimum Gasteiger partial charge on any atom is -0.477 e. The molecule has 0 aliphatic rings. The molecule has 0 aliphatic heterocycles. The fourth-order valence-corrected chi connectivity index (χ4v) is 3.36. The summed E-state index contributed by atoms with van der Waals surface area (Å²) in [5.41, 5.74) is 3.84. The Bertz CT molecular complexity index is 677. The zero-order chi connectivity index (χ0) is 15.4. The number of aromatic nitrogens is 1. The smallest absolute Gasteiger partial charge is 0.354 e. The maximum atomic E-state index is 12.2. The van der Waals surface area contributed by atoms with Gasteiger partial charge in [-0.05, 0) is 31.5 Å². The summed E-state index contributed by atoms with van der Waals surface area (Å²) in [6.45, 7) is 4.02. The number of carbonyl (C=O) groups is 1. The fraction of sp³-hybridized carbons (Fsp3) is 0.250. The molecule has 5 heteroatoms. The number of carboxylic acid groups (broad SMARTS) is 1. The maximum absolute atomic E-state index is 12.2. The molecule has 1 aromatic carbocycles. The Balaban J connectivity index is 2.08. The van der Waals surface area contributed by atoms with Gasteiger partial charge in [-0.1, -0.05) is 35.4 Å². The third kappa shape index (κ3) is 4.49. The van der Waals surface area contributed by atoms with Crippen LogP contribution in [-0.4, -0.2) is 20.3 Å². The summed E-state index contributed by atoms with van der Waals surface area (Å²) < 4.78 is 12.2. The summed E-state index contributed by atoms with van der Waals surface area (Å²) in [4.78, 5) is 14.9. The van der Waals surface area contributed by atoms with E-state index < -0.39 is 16.8 Å². The van der Waals surface area contributed by atoms with Gasteiger partial charge in [0.05, 0.1) is 11.4 Å². The highest BCUT2D eigenvalue weighted by atomic mass is 32.2. The zero-order valence-corrected chi connectivity index (χ0v) is 12.8. The van der Waals surface area contributed by atoms with Crippen LogP contribution < -0.4 is 0 Å². The molecular weight excluding hydrogens is 286 g/mol. The monoisotopic (exact) mass is 303 g/mol. The Labute approximate surface area is 126 Å². The van der Waals surface area contributed by atoms with Crippen LogP contribution in [0.15, 0.2) is 36.4 Å². The van der Waals surface area contributed by atoms with E-state index in [0.717, 1.165) is 16.7 Å². The summed E-state index contributed by atoms with van der Waals surface area (Å²) >= 11 is 0. The van der Waals surface area contributed by atoms with Crippen LogP contribution in [0.3, 0.4) is 0 Å². The van der Waals surface area contributed by atoms with E-state index in [2.05, 4.69) is 11.1 Å². The van der Waals surface area contributed by atoms with Gasteiger partial charge in [0.1, 0.15) is 5.69 Å². The van der Waals surface area contributed by atoms with Crippen molar-refractivity contribution in [3.63, 3.8) is 0 Å². The zero-order valence-electron chi connectivity index (χ0n) is 12.0. The first-order chi connectivity index (χ1) is 9.94. The largest absolute Gasteiger partial charge is 0.477 e. The molecule has 0 fully saturated rings. The Morgan fingerprint density at radius 1 is 1.14 bits per heavy atom. The van der Waals surface area contributed by atoms with Crippen molar-refractivity contribution in [2.24, 2.45) is 0 Å². The Morgan fingerprint density at radius 3 is 2.43 bits per heavy atom. The van der Waals surface area contributed by atoms with Gasteiger partial charge in [-0.3, -0.25) is 4.21 Å². The van der Waals surface area contributed by atoms with Crippen molar-refractivity contribution in [1.29, 1.82) is 0 Å². The summed E-state index contributed by atoms with van der Waals surface area (Å²) in [5.74, 6) is -0.368. The number of rotatable bonds is 5. The lowest BCUT2D eigenvalue weighted by atomic mass is 10.1. The molecule has 2 aromatic rings. The summed E-state index contributed by atoms with van der Waals surface area (Å²) in [6.07, 6.45) is 0. The molecule has 1 unspecified atom stereocenters. The molecule has 0 saturated heterocycles. The average molecular weight is 303 g/mol. The van der Waals surface area contributed by atoms with Crippen molar-refractivity contribution in [1.82, 2.24) is 4.98 Å². The summed E-state index contributed by atoms with van der Waals surface area (Å²) in [7, 11) is -1.12. The van der Waals surface area contributed by atoms with Gasteiger partial charge in [-0.2, -0.15) is 0 Å². The first-order valence-electron chi connectivity index (χ1n) is 6.55. The normalized spacial score (nSPS) is 12.1. The van der Waals surface area contributed by atoms with Gasteiger partial charge in [-0.25, -0.2) is 9.78 Å². The van der Waals surface area contributed by atoms with E-state index in [1.165, 1.54) is 6.07 Å². The molecule has 0 spiro atoms. The van der Waals surface area contributed by atoms with Crippen LogP contribution >= 0.6 is 0 Å². The molecule has 1 atom stereocenters. The van der Waals surface area contributed by atoms with Gasteiger partial charge in [-0.15, -0.1) is 0 Å². The molecule has 1 N–H and O–H groups in total. The molecule has 21 heavy (non-hydrogen) atoms. The second-order valence-electron chi connectivity index (χ2n) is 5.04. The van der Waals surface area contributed by atoms with Gasteiger partial charge in [0.15, 0.2) is 0 Å². The Hall–Kier alpha value is -2.01. The van der Waals surface area contributed by atoms with E-state index in [4.69, 9.17) is 5.11 Å².